The average molecular weight is 345 g/mol. The molecule has 0 saturated carbocycles. The molecule has 5 N–H and O–H groups in total. The SMILES string of the molecule is Nc1ccn(C2OC(COP(=O)([O-])O)C(O)C2O)c(=O)n1.[Na+]. The fourth-order valence-electron chi connectivity index (χ4n) is 1.88. The van der Waals surface area contributed by atoms with E-state index >= 15 is 0 Å². The molecule has 118 valence electrons. The van der Waals surface area contributed by atoms with Gasteiger partial charge in [-0.15, -0.1) is 0 Å². The summed E-state index contributed by atoms with van der Waals surface area (Å²) in [5.74, 6) is -0.0308. The van der Waals surface area contributed by atoms with Crippen LogP contribution in [-0.4, -0.2) is 49.6 Å². The predicted octanol–water partition coefficient (Wildman–Crippen LogP) is -6.07. The molecule has 2 heterocycles. The van der Waals surface area contributed by atoms with Gasteiger partial charge in [0.2, 0.25) is 0 Å². The molecule has 1 aromatic rings. The van der Waals surface area contributed by atoms with Gasteiger partial charge in [0.05, 0.1) is 6.61 Å². The summed E-state index contributed by atoms with van der Waals surface area (Å²) in [6, 6.07) is 1.28. The molecule has 0 spiro atoms. The van der Waals surface area contributed by atoms with Gasteiger partial charge in [-0.1, -0.05) is 0 Å². The van der Waals surface area contributed by atoms with E-state index in [1.165, 1.54) is 12.3 Å². The number of hydrogen-bond donors (Lipinski definition) is 4. The predicted molar refractivity (Wildman–Crippen MR) is 64.6 cm³/mol. The minimum absolute atomic E-state index is 0. The number of aliphatic hydroxyl groups is 2. The number of hydrogen-bond acceptors (Lipinski definition) is 9. The van der Waals surface area contributed by atoms with Crippen molar-refractivity contribution >= 4 is 13.6 Å². The fourth-order valence-corrected chi connectivity index (χ4v) is 2.22. The average Bonchev–Trinajstić information content (AvgIpc) is 2.64. The molecule has 0 aromatic carbocycles. The summed E-state index contributed by atoms with van der Waals surface area (Å²) in [7, 11) is -4.99. The first kappa shape index (κ1) is 19.7. The third kappa shape index (κ3) is 4.59. The normalized spacial score (nSPS) is 30.5. The van der Waals surface area contributed by atoms with Gasteiger partial charge in [-0.3, -0.25) is 9.13 Å². The number of nitrogens with two attached hydrogens (primary N) is 1. The molecule has 1 saturated heterocycles. The van der Waals surface area contributed by atoms with Crippen molar-refractivity contribution in [3.8, 4) is 0 Å². The number of phosphoric acid groups is 1. The van der Waals surface area contributed by atoms with Crippen LogP contribution >= 0.6 is 7.82 Å². The number of anilines is 1. The summed E-state index contributed by atoms with van der Waals surface area (Å²) >= 11 is 0. The first-order valence-electron chi connectivity index (χ1n) is 5.73. The van der Waals surface area contributed by atoms with Crippen molar-refractivity contribution in [2.24, 2.45) is 0 Å². The van der Waals surface area contributed by atoms with Gasteiger partial charge in [0.1, 0.15) is 24.1 Å². The van der Waals surface area contributed by atoms with Gasteiger partial charge in [-0.2, -0.15) is 4.98 Å². The minimum atomic E-state index is -4.99. The van der Waals surface area contributed by atoms with E-state index in [-0.39, 0.29) is 35.4 Å². The number of aromatic nitrogens is 2. The van der Waals surface area contributed by atoms with Gasteiger partial charge >= 0.3 is 35.2 Å². The molecule has 0 amide bonds. The summed E-state index contributed by atoms with van der Waals surface area (Å²) in [5.41, 5.74) is 4.50. The molecular formula is C9H13N3NaO8P. The number of nitrogens with zero attached hydrogens (tertiary/aromatic N) is 2. The van der Waals surface area contributed by atoms with Crippen LogP contribution in [0.25, 0.3) is 0 Å². The maximum Gasteiger partial charge on any atom is 1.00 e. The Morgan fingerprint density at radius 1 is 1.50 bits per heavy atom. The molecule has 5 atom stereocenters. The Hall–Kier alpha value is -0.330. The smallest absolute Gasteiger partial charge is 0.756 e. The summed E-state index contributed by atoms with van der Waals surface area (Å²) in [6.07, 6.45) is -4.39. The van der Waals surface area contributed by atoms with Crippen molar-refractivity contribution in [1.82, 2.24) is 9.55 Å². The van der Waals surface area contributed by atoms with Crippen LogP contribution in [-0.2, 0) is 13.8 Å². The van der Waals surface area contributed by atoms with Gasteiger partial charge in [0.25, 0.3) is 7.82 Å². The first-order chi connectivity index (χ1) is 9.69. The standard InChI is InChI=1S/C9H14N3O8P.Na/c10-5-1-2-12(9(15)11-5)8-7(14)6(13)4(20-8)3-19-21(16,17)18;/h1-2,4,6-8,13-14H,3H2,(H2,10,11,15)(H2,16,17,18);/q;+1/p-1. The molecule has 22 heavy (non-hydrogen) atoms. The second kappa shape index (κ2) is 7.49. The van der Waals surface area contributed by atoms with Gasteiger partial charge in [-0.25, -0.2) is 4.79 Å². The minimum Gasteiger partial charge on any atom is -0.756 e. The Morgan fingerprint density at radius 2 is 2.14 bits per heavy atom. The second-order valence-corrected chi connectivity index (χ2v) is 5.55. The number of rotatable bonds is 4. The van der Waals surface area contributed by atoms with E-state index in [2.05, 4.69) is 9.51 Å². The van der Waals surface area contributed by atoms with E-state index in [1.807, 2.05) is 0 Å². The Bertz CT molecular complexity index is 621. The molecule has 0 radical (unpaired) electrons. The molecular weight excluding hydrogens is 332 g/mol. The third-order valence-corrected chi connectivity index (χ3v) is 3.34. The van der Waals surface area contributed by atoms with Gasteiger partial charge in [0.15, 0.2) is 6.23 Å². The number of phosphoric ester groups is 1. The van der Waals surface area contributed by atoms with Crippen molar-refractivity contribution < 1.29 is 63.4 Å². The van der Waals surface area contributed by atoms with Crippen molar-refractivity contribution in [1.29, 1.82) is 0 Å². The van der Waals surface area contributed by atoms with Gasteiger partial charge in [0, 0.05) is 6.20 Å². The molecule has 0 aliphatic carbocycles. The molecule has 1 fully saturated rings. The van der Waals surface area contributed by atoms with E-state index in [4.69, 9.17) is 15.4 Å². The van der Waals surface area contributed by atoms with Crippen LogP contribution in [0.3, 0.4) is 0 Å². The maximum absolute atomic E-state index is 11.6. The van der Waals surface area contributed by atoms with E-state index in [0.717, 1.165) is 4.57 Å². The van der Waals surface area contributed by atoms with Crippen molar-refractivity contribution in [2.75, 3.05) is 12.3 Å². The topological polar surface area (TPSA) is 180 Å². The van der Waals surface area contributed by atoms with Crippen LogP contribution in [0.15, 0.2) is 17.1 Å². The molecule has 1 aromatic heterocycles. The van der Waals surface area contributed by atoms with Crippen LogP contribution < -0.4 is 45.9 Å². The molecule has 0 bridgehead atoms. The van der Waals surface area contributed by atoms with Crippen LogP contribution in [0.5, 0.6) is 0 Å². The Kier molecular flexibility index (Phi) is 6.72. The van der Waals surface area contributed by atoms with E-state index in [9.17, 15) is 24.5 Å². The van der Waals surface area contributed by atoms with Crippen molar-refractivity contribution in [2.45, 2.75) is 24.5 Å². The molecule has 13 heteroatoms. The second-order valence-electron chi connectivity index (χ2n) is 4.35. The Morgan fingerprint density at radius 3 is 2.68 bits per heavy atom. The first-order valence-corrected chi connectivity index (χ1v) is 7.23. The zero-order chi connectivity index (χ0) is 15.8. The largest absolute Gasteiger partial charge is 1.00 e. The Labute approximate surface area is 146 Å². The summed E-state index contributed by atoms with van der Waals surface area (Å²) in [4.78, 5) is 34.1. The number of nitrogen functional groups attached to an aromatic ring is 1. The monoisotopic (exact) mass is 345 g/mol. The molecule has 1 aliphatic heterocycles. The fraction of sp³-hybridized carbons (Fsp3) is 0.556. The number of ether oxygens (including phenoxy) is 1. The van der Waals surface area contributed by atoms with Crippen molar-refractivity contribution in [3.05, 3.63) is 22.7 Å². The van der Waals surface area contributed by atoms with Crippen LogP contribution in [0.4, 0.5) is 5.82 Å². The van der Waals surface area contributed by atoms with Gasteiger partial charge in [-0.05, 0) is 6.07 Å². The summed E-state index contributed by atoms with van der Waals surface area (Å²) in [5, 5.41) is 19.6. The Balaban J connectivity index is 0.00000242. The van der Waals surface area contributed by atoms with Crippen molar-refractivity contribution in [3.63, 3.8) is 0 Å². The number of aliphatic hydroxyl groups excluding tert-OH is 2. The quantitative estimate of drug-likeness (QED) is 0.303. The molecule has 1 aliphatic rings. The molecule has 5 unspecified atom stereocenters. The third-order valence-electron chi connectivity index (χ3n) is 2.86. The molecule has 2 rings (SSSR count). The molecule has 11 nitrogen and oxygen atoms in total. The summed E-state index contributed by atoms with van der Waals surface area (Å²) in [6.45, 7) is -0.719. The van der Waals surface area contributed by atoms with Gasteiger partial charge < -0.3 is 35.0 Å². The van der Waals surface area contributed by atoms with Crippen LogP contribution in [0.1, 0.15) is 6.23 Å². The summed E-state index contributed by atoms with van der Waals surface area (Å²) < 4.78 is 20.7. The zero-order valence-corrected chi connectivity index (χ0v) is 14.4. The van der Waals surface area contributed by atoms with E-state index in [1.54, 1.807) is 0 Å². The maximum atomic E-state index is 11.6. The van der Waals surface area contributed by atoms with E-state index in [0.29, 0.717) is 0 Å². The van der Waals surface area contributed by atoms with E-state index < -0.39 is 44.7 Å². The zero-order valence-electron chi connectivity index (χ0n) is 11.5. The van der Waals surface area contributed by atoms with Crippen LogP contribution in [0, 0.1) is 0 Å². The van der Waals surface area contributed by atoms with Crippen LogP contribution in [0.2, 0.25) is 0 Å².